The highest BCUT2D eigenvalue weighted by atomic mass is 35.5. The topological polar surface area (TPSA) is 95.1 Å². The number of nitrogens with zero attached hydrogens (tertiary/aromatic N) is 3. The third kappa shape index (κ3) is 3.12. The van der Waals surface area contributed by atoms with Crippen LogP contribution in [0.2, 0.25) is 10.0 Å². The molecule has 0 spiro atoms. The van der Waals surface area contributed by atoms with Crippen LogP contribution >= 0.6 is 23.2 Å². The molecule has 0 aliphatic rings. The molecule has 124 valence electrons. The van der Waals surface area contributed by atoms with Crippen molar-refractivity contribution >= 4 is 38.7 Å². The highest BCUT2D eigenvalue weighted by Crippen LogP contribution is 2.37. The number of rotatable bonds is 3. The molecule has 0 aliphatic carbocycles. The summed E-state index contributed by atoms with van der Waals surface area (Å²) in [7, 11) is -5.64. The molecule has 0 amide bonds. The van der Waals surface area contributed by atoms with Gasteiger partial charge in [-0.2, -0.15) is 18.3 Å². The first-order chi connectivity index (χ1) is 10.4. The Morgan fingerprint density at radius 2 is 1.74 bits per heavy atom. The Morgan fingerprint density at radius 1 is 1.22 bits per heavy atom. The van der Waals surface area contributed by atoms with Crippen LogP contribution in [0.25, 0.3) is 5.69 Å². The van der Waals surface area contributed by atoms with Gasteiger partial charge in [0.25, 0.3) is 9.84 Å². The SMILES string of the molecule is O=[N+]([O-])c1cnn(-c2c(Cl)cc(S(=O)(=O)C(F)(F)F)cc2Cl)c1. The number of halogens is 5. The van der Waals surface area contributed by atoms with Gasteiger partial charge in [0.2, 0.25) is 0 Å². The predicted molar refractivity (Wildman–Crippen MR) is 73.5 cm³/mol. The van der Waals surface area contributed by atoms with Gasteiger partial charge in [-0.3, -0.25) is 10.1 Å². The van der Waals surface area contributed by atoms with Crippen molar-refractivity contribution in [3.63, 3.8) is 0 Å². The minimum absolute atomic E-state index is 0.192. The Morgan fingerprint density at radius 3 is 2.13 bits per heavy atom. The highest BCUT2D eigenvalue weighted by Gasteiger charge is 2.47. The lowest BCUT2D eigenvalue weighted by atomic mass is 10.3. The Hall–Kier alpha value is -1.85. The summed E-state index contributed by atoms with van der Waals surface area (Å²) < 4.78 is 61.1. The maximum Gasteiger partial charge on any atom is 0.501 e. The van der Waals surface area contributed by atoms with Crippen molar-refractivity contribution in [1.29, 1.82) is 0 Å². The fraction of sp³-hybridized carbons (Fsp3) is 0.100. The third-order valence-electron chi connectivity index (χ3n) is 2.61. The van der Waals surface area contributed by atoms with Gasteiger partial charge in [-0.05, 0) is 12.1 Å². The summed E-state index contributed by atoms with van der Waals surface area (Å²) in [5.41, 5.74) is -6.13. The molecule has 1 heterocycles. The van der Waals surface area contributed by atoms with E-state index in [1.54, 1.807) is 0 Å². The lowest BCUT2D eigenvalue weighted by molar-refractivity contribution is -0.384. The van der Waals surface area contributed by atoms with Crippen LogP contribution in [-0.4, -0.2) is 28.6 Å². The van der Waals surface area contributed by atoms with E-state index < -0.39 is 40.9 Å². The van der Waals surface area contributed by atoms with Crippen LogP contribution in [-0.2, 0) is 9.84 Å². The normalized spacial score (nSPS) is 12.4. The van der Waals surface area contributed by atoms with Crippen molar-refractivity contribution < 1.29 is 26.5 Å². The van der Waals surface area contributed by atoms with E-state index in [0.29, 0.717) is 12.1 Å². The number of aromatic nitrogens is 2. The molecule has 1 aromatic heterocycles. The molecular weight excluding hydrogens is 386 g/mol. The first-order valence-corrected chi connectivity index (χ1v) is 7.69. The molecule has 0 bridgehead atoms. The predicted octanol–water partition coefficient (Wildman–Crippen LogP) is 3.38. The molecule has 0 atom stereocenters. The summed E-state index contributed by atoms with van der Waals surface area (Å²) in [4.78, 5) is 8.69. The van der Waals surface area contributed by atoms with E-state index in [0.717, 1.165) is 17.1 Å². The maximum atomic E-state index is 12.5. The fourth-order valence-corrected chi connectivity index (χ4v) is 3.18. The van der Waals surface area contributed by atoms with Crippen LogP contribution in [0.3, 0.4) is 0 Å². The lowest BCUT2D eigenvalue weighted by Gasteiger charge is -2.12. The van der Waals surface area contributed by atoms with Crippen LogP contribution in [0.15, 0.2) is 29.4 Å². The number of hydrogen-bond acceptors (Lipinski definition) is 5. The molecule has 2 rings (SSSR count). The summed E-state index contributed by atoms with van der Waals surface area (Å²) in [5, 5.41) is 13.3. The largest absolute Gasteiger partial charge is 0.501 e. The molecule has 0 unspecified atom stereocenters. The summed E-state index contributed by atoms with van der Waals surface area (Å²) >= 11 is 11.5. The van der Waals surface area contributed by atoms with Gasteiger partial charge in [0, 0.05) is 0 Å². The first-order valence-electron chi connectivity index (χ1n) is 5.45. The van der Waals surface area contributed by atoms with E-state index in [4.69, 9.17) is 23.2 Å². The Labute approximate surface area is 136 Å². The molecule has 23 heavy (non-hydrogen) atoms. The molecule has 13 heteroatoms. The summed E-state index contributed by atoms with van der Waals surface area (Å²) in [5.74, 6) is 0. The molecule has 0 aliphatic heterocycles. The average molecular weight is 390 g/mol. The maximum absolute atomic E-state index is 12.5. The van der Waals surface area contributed by atoms with Gasteiger partial charge in [0.1, 0.15) is 18.1 Å². The zero-order chi connectivity index (χ0) is 17.6. The van der Waals surface area contributed by atoms with E-state index in [-0.39, 0.29) is 5.69 Å². The summed E-state index contributed by atoms with van der Waals surface area (Å²) in [6.45, 7) is 0. The Bertz CT molecular complexity index is 872. The van der Waals surface area contributed by atoms with Crippen molar-refractivity contribution in [3.8, 4) is 5.69 Å². The summed E-state index contributed by atoms with van der Waals surface area (Å²) in [6.07, 6.45) is 1.79. The van der Waals surface area contributed by atoms with Gasteiger partial charge in [-0.25, -0.2) is 13.1 Å². The summed E-state index contributed by atoms with van der Waals surface area (Å²) in [6, 6.07) is 1.08. The van der Waals surface area contributed by atoms with E-state index in [9.17, 15) is 31.7 Å². The lowest BCUT2D eigenvalue weighted by Crippen LogP contribution is -2.23. The molecule has 0 N–H and O–H groups in total. The second-order valence-corrected chi connectivity index (χ2v) is 6.84. The molecular formula is C10H4Cl2F3N3O4S. The zero-order valence-corrected chi connectivity index (χ0v) is 12.9. The monoisotopic (exact) mass is 389 g/mol. The van der Waals surface area contributed by atoms with Crippen LogP contribution in [0.4, 0.5) is 18.9 Å². The Kier molecular flexibility index (Phi) is 4.30. The number of benzene rings is 1. The van der Waals surface area contributed by atoms with E-state index in [1.807, 2.05) is 0 Å². The Balaban J connectivity index is 2.60. The molecule has 0 saturated heterocycles. The number of nitro groups is 1. The van der Waals surface area contributed by atoms with Crippen LogP contribution in [0, 0.1) is 10.1 Å². The standard InChI is InChI=1S/C10H4Cl2F3N3O4S/c11-7-1-6(23(21,22)10(13,14)15)2-8(12)9(7)17-4-5(3-16-17)18(19)20/h1-4H. The van der Waals surface area contributed by atoms with Crippen LogP contribution in [0.5, 0.6) is 0 Å². The van der Waals surface area contributed by atoms with Gasteiger partial charge in [-0.15, -0.1) is 0 Å². The molecule has 7 nitrogen and oxygen atoms in total. The number of hydrogen-bond donors (Lipinski definition) is 0. The first kappa shape index (κ1) is 17.5. The molecule has 0 saturated carbocycles. The number of sulfone groups is 1. The quantitative estimate of drug-likeness (QED) is 0.592. The van der Waals surface area contributed by atoms with Crippen LogP contribution < -0.4 is 0 Å². The van der Waals surface area contributed by atoms with Gasteiger partial charge < -0.3 is 0 Å². The van der Waals surface area contributed by atoms with Crippen molar-refractivity contribution in [2.45, 2.75) is 10.4 Å². The highest BCUT2D eigenvalue weighted by molar-refractivity contribution is 7.92. The van der Waals surface area contributed by atoms with E-state index >= 15 is 0 Å². The van der Waals surface area contributed by atoms with Crippen LogP contribution in [0.1, 0.15) is 0 Å². The van der Waals surface area contributed by atoms with Crippen molar-refractivity contribution in [1.82, 2.24) is 9.78 Å². The fourth-order valence-electron chi connectivity index (χ4n) is 1.58. The van der Waals surface area contributed by atoms with Crippen molar-refractivity contribution in [2.24, 2.45) is 0 Å². The van der Waals surface area contributed by atoms with Gasteiger partial charge in [0.15, 0.2) is 0 Å². The van der Waals surface area contributed by atoms with Gasteiger partial charge in [0.05, 0.1) is 19.9 Å². The second-order valence-electron chi connectivity index (χ2n) is 4.08. The van der Waals surface area contributed by atoms with Crippen molar-refractivity contribution in [2.75, 3.05) is 0 Å². The molecule has 0 fully saturated rings. The minimum atomic E-state index is -5.64. The van der Waals surface area contributed by atoms with Gasteiger partial charge in [-0.1, -0.05) is 23.2 Å². The smallest absolute Gasteiger partial charge is 0.258 e. The number of alkyl halides is 3. The van der Waals surface area contributed by atoms with E-state index in [1.165, 1.54) is 0 Å². The second kappa shape index (κ2) is 5.65. The van der Waals surface area contributed by atoms with E-state index in [2.05, 4.69) is 5.10 Å². The molecule has 2 aromatic rings. The molecule has 1 aromatic carbocycles. The molecule has 0 radical (unpaired) electrons. The van der Waals surface area contributed by atoms with Crippen molar-refractivity contribution in [3.05, 3.63) is 44.7 Å². The minimum Gasteiger partial charge on any atom is -0.258 e. The van der Waals surface area contributed by atoms with Gasteiger partial charge >= 0.3 is 11.2 Å². The average Bonchev–Trinajstić information content (AvgIpc) is 2.86. The zero-order valence-electron chi connectivity index (χ0n) is 10.6. The third-order valence-corrected chi connectivity index (χ3v) is 4.66.